The van der Waals surface area contributed by atoms with Crippen LogP contribution < -0.4 is 10.1 Å². The maximum atomic E-state index is 5.73. The normalized spacial score (nSPS) is 10.7. The summed E-state index contributed by atoms with van der Waals surface area (Å²) in [6.07, 6.45) is 4.33. The van der Waals surface area contributed by atoms with E-state index < -0.39 is 0 Å². The molecule has 0 fully saturated rings. The maximum Gasteiger partial charge on any atom is 0.156 e. The second kappa shape index (κ2) is 8.27. The zero-order valence-electron chi connectivity index (χ0n) is 14.9. The Morgan fingerprint density at radius 1 is 0.778 bits per heavy atom. The second-order valence-corrected chi connectivity index (χ2v) is 6.16. The van der Waals surface area contributed by atoms with E-state index in [0.717, 1.165) is 34.5 Å². The van der Waals surface area contributed by atoms with Crippen molar-refractivity contribution < 1.29 is 4.74 Å². The molecule has 0 aliphatic rings. The number of ether oxygens (including phenoxy) is 1. The van der Waals surface area contributed by atoms with Crippen molar-refractivity contribution in [3.8, 4) is 5.75 Å². The van der Waals surface area contributed by atoms with Gasteiger partial charge in [0, 0.05) is 29.6 Å². The van der Waals surface area contributed by atoms with Gasteiger partial charge in [-0.05, 0) is 29.8 Å². The molecule has 1 N–H and O–H groups in total. The summed E-state index contributed by atoms with van der Waals surface area (Å²) in [5, 5.41) is 14.4. The van der Waals surface area contributed by atoms with E-state index >= 15 is 0 Å². The minimum Gasteiger partial charge on any atom is -0.492 e. The molecule has 2 aromatic heterocycles. The first-order valence-corrected chi connectivity index (χ1v) is 8.95. The first-order valence-electron chi connectivity index (χ1n) is 8.95. The summed E-state index contributed by atoms with van der Waals surface area (Å²) in [4.78, 5) is 4.07. The predicted octanol–water partition coefficient (Wildman–Crippen LogP) is 4.11. The highest BCUT2D eigenvalue weighted by Gasteiger charge is 2.09. The largest absolute Gasteiger partial charge is 0.492 e. The number of benzene rings is 2. The highest BCUT2D eigenvalue weighted by Crippen LogP contribution is 2.24. The van der Waals surface area contributed by atoms with Gasteiger partial charge in [0.1, 0.15) is 12.4 Å². The van der Waals surface area contributed by atoms with Gasteiger partial charge in [0.2, 0.25) is 0 Å². The molecular formula is C22H20N4O. The van der Waals surface area contributed by atoms with E-state index in [1.54, 1.807) is 12.4 Å². The molecule has 134 valence electrons. The molecule has 0 aliphatic heterocycles. The Hall–Kier alpha value is -3.47. The molecule has 0 saturated carbocycles. The molecule has 0 bridgehead atoms. The van der Waals surface area contributed by atoms with E-state index in [9.17, 15) is 0 Å². The van der Waals surface area contributed by atoms with E-state index in [0.29, 0.717) is 13.2 Å². The highest BCUT2D eigenvalue weighted by atomic mass is 16.5. The van der Waals surface area contributed by atoms with Crippen LogP contribution in [0.1, 0.15) is 11.3 Å². The SMILES string of the molecule is c1ccc(OCCNc2nnc(Cc3ccncc3)c3ccccc23)cc1. The van der Waals surface area contributed by atoms with Gasteiger partial charge in [-0.1, -0.05) is 42.5 Å². The fourth-order valence-electron chi connectivity index (χ4n) is 2.97. The lowest BCUT2D eigenvalue weighted by molar-refractivity contribution is 0.333. The van der Waals surface area contributed by atoms with Crippen LogP contribution in [-0.4, -0.2) is 28.3 Å². The molecule has 4 aromatic rings. The van der Waals surface area contributed by atoms with E-state index in [-0.39, 0.29) is 0 Å². The molecule has 4 rings (SSSR count). The summed E-state index contributed by atoms with van der Waals surface area (Å²) in [5.41, 5.74) is 2.13. The standard InChI is InChI=1S/C22H20N4O/c1-2-6-18(7-3-1)27-15-14-24-22-20-9-5-4-8-19(20)21(25-26-22)16-17-10-12-23-13-11-17/h1-13H,14-16H2,(H,24,26). The second-order valence-electron chi connectivity index (χ2n) is 6.16. The van der Waals surface area contributed by atoms with Crippen LogP contribution in [0, 0.1) is 0 Å². The van der Waals surface area contributed by atoms with Crippen LogP contribution in [0.5, 0.6) is 5.75 Å². The molecule has 0 unspecified atom stereocenters. The third kappa shape index (κ3) is 4.20. The number of fused-ring (bicyclic) bond motifs is 1. The van der Waals surface area contributed by atoms with E-state index in [2.05, 4.69) is 32.6 Å². The Morgan fingerprint density at radius 3 is 2.33 bits per heavy atom. The molecule has 5 heteroatoms. The van der Waals surface area contributed by atoms with Crippen molar-refractivity contribution in [2.24, 2.45) is 0 Å². The lowest BCUT2D eigenvalue weighted by Crippen LogP contribution is -2.13. The van der Waals surface area contributed by atoms with Crippen LogP contribution in [0.2, 0.25) is 0 Å². The monoisotopic (exact) mass is 356 g/mol. The molecule has 27 heavy (non-hydrogen) atoms. The van der Waals surface area contributed by atoms with Gasteiger partial charge in [0.25, 0.3) is 0 Å². The van der Waals surface area contributed by atoms with Gasteiger partial charge >= 0.3 is 0 Å². The van der Waals surface area contributed by atoms with Crippen molar-refractivity contribution in [1.29, 1.82) is 0 Å². The summed E-state index contributed by atoms with van der Waals surface area (Å²) < 4.78 is 5.73. The number of rotatable bonds is 7. The Balaban J connectivity index is 1.48. The van der Waals surface area contributed by atoms with Crippen molar-refractivity contribution in [2.45, 2.75) is 6.42 Å². The molecule has 0 spiro atoms. The lowest BCUT2D eigenvalue weighted by Gasteiger charge is -2.12. The maximum absolute atomic E-state index is 5.73. The summed E-state index contributed by atoms with van der Waals surface area (Å²) in [7, 11) is 0. The quantitative estimate of drug-likeness (QED) is 0.505. The fraction of sp³-hybridized carbons (Fsp3) is 0.136. The molecule has 5 nitrogen and oxygen atoms in total. The van der Waals surface area contributed by atoms with E-state index in [4.69, 9.17) is 4.74 Å². The minimum absolute atomic E-state index is 0.554. The van der Waals surface area contributed by atoms with Crippen LogP contribution >= 0.6 is 0 Å². The lowest BCUT2D eigenvalue weighted by atomic mass is 10.1. The third-order valence-electron chi connectivity index (χ3n) is 4.29. The van der Waals surface area contributed by atoms with Gasteiger partial charge in [0.15, 0.2) is 5.82 Å². The Kier molecular flexibility index (Phi) is 5.20. The molecule has 0 aliphatic carbocycles. The molecule has 2 heterocycles. The fourth-order valence-corrected chi connectivity index (χ4v) is 2.97. The first-order chi connectivity index (χ1) is 13.4. The molecule has 0 saturated heterocycles. The van der Waals surface area contributed by atoms with Crippen molar-refractivity contribution in [3.63, 3.8) is 0 Å². The van der Waals surface area contributed by atoms with E-state index in [1.165, 1.54) is 5.56 Å². The average molecular weight is 356 g/mol. The molecular weight excluding hydrogens is 336 g/mol. The summed E-state index contributed by atoms with van der Waals surface area (Å²) >= 11 is 0. The van der Waals surface area contributed by atoms with Crippen LogP contribution in [0.4, 0.5) is 5.82 Å². The number of nitrogens with one attached hydrogen (secondary N) is 1. The smallest absolute Gasteiger partial charge is 0.156 e. The van der Waals surface area contributed by atoms with Gasteiger partial charge in [-0.2, -0.15) is 5.10 Å². The Labute approximate surface area is 158 Å². The van der Waals surface area contributed by atoms with Gasteiger partial charge in [-0.15, -0.1) is 5.10 Å². The van der Waals surface area contributed by atoms with Gasteiger partial charge in [-0.25, -0.2) is 0 Å². The summed E-state index contributed by atoms with van der Waals surface area (Å²) in [5.74, 6) is 1.64. The first kappa shape index (κ1) is 17.0. The van der Waals surface area contributed by atoms with Gasteiger partial charge in [-0.3, -0.25) is 4.98 Å². The van der Waals surface area contributed by atoms with Crippen LogP contribution in [0.25, 0.3) is 10.8 Å². The van der Waals surface area contributed by atoms with Crippen molar-refractivity contribution >= 4 is 16.6 Å². The van der Waals surface area contributed by atoms with Crippen molar-refractivity contribution in [1.82, 2.24) is 15.2 Å². The minimum atomic E-state index is 0.554. The number of aromatic nitrogens is 3. The molecule has 0 amide bonds. The Bertz CT molecular complexity index is 1010. The van der Waals surface area contributed by atoms with Gasteiger partial charge < -0.3 is 10.1 Å². The number of hydrogen-bond donors (Lipinski definition) is 1. The van der Waals surface area contributed by atoms with Crippen molar-refractivity contribution in [3.05, 3.63) is 90.4 Å². The zero-order chi connectivity index (χ0) is 18.3. The van der Waals surface area contributed by atoms with E-state index in [1.807, 2.05) is 54.6 Å². The zero-order valence-corrected chi connectivity index (χ0v) is 14.9. The molecule has 0 radical (unpaired) electrons. The highest BCUT2D eigenvalue weighted by molar-refractivity contribution is 5.93. The molecule has 2 aromatic carbocycles. The summed E-state index contributed by atoms with van der Waals surface area (Å²) in [6, 6.07) is 22.0. The Morgan fingerprint density at radius 2 is 1.52 bits per heavy atom. The number of pyridine rings is 1. The average Bonchev–Trinajstić information content (AvgIpc) is 2.74. The summed E-state index contributed by atoms with van der Waals surface area (Å²) in [6.45, 7) is 1.20. The van der Waals surface area contributed by atoms with Crippen LogP contribution in [0.15, 0.2) is 79.1 Å². The number of nitrogens with zero attached hydrogens (tertiary/aromatic N) is 3. The number of para-hydroxylation sites is 1. The number of anilines is 1. The molecule has 0 atom stereocenters. The van der Waals surface area contributed by atoms with Crippen LogP contribution in [-0.2, 0) is 6.42 Å². The number of hydrogen-bond acceptors (Lipinski definition) is 5. The third-order valence-corrected chi connectivity index (χ3v) is 4.29. The van der Waals surface area contributed by atoms with Gasteiger partial charge in [0.05, 0.1) is 12.2 Å². The predicted molar refractivity (Wildman–Crippen MR) is 107 cm³/mol. The van der Waals surface area contributed by atoms with Crippen LogP contribution in [0.3, 0.4) is 0 Å². The topological polar surface area (TPSA) is 59.9 Å². The van der Waals surface area contributed by atoms with Crippen molar-refractivity contribution in [2.75, 3.05) is 18.5 Å².